The number of rotatable bonds is 5. The smallest absolute Gasteiger partial charge is 0.253 e. The molecule has 2 N–H and O–H groups in total. The van der Waals surface area contributed by atoms with Crippen molar-refractivity contribution in [3.8, 4) is 17.0 Å². The molecule has 0 bridgehead atoms. The number of pyridine rings is 1. The number of amides is 1. The molecule has 2 aliphatic heterocycles. The molecule has 1 amide bonds. The molecule has 0 aliphatic carbocycles. The van der Waals surface area contributed by atoms with Gasteiger partial charge in [-0.05, 0) is 18.2 Å². The van der Waals surface area contributed by atoms with Gasteiger partial charge in [0.15, 0.2) is 0 Å². The summed E-state index contributed by atoms with van der Waals surface area (Å²) in [6.45, 7) is 5.72. The Bertz CT molecular complexity index is 1340. The van der Waals surface area contributed by atoms with Crippen LogP contribution >= 0.6 is 0 Å². The molecule has 7 heteroatoms. The number of nitrogens with one attached hydrogen (secondary N) is 2. The molecule has 7 nitrogen and oxygen atoms in total. The number of carbonyl (C=O) groups excluding carboxylic acids is 1. The van der Waals surface area contributed by atoms with E-state index >= 15 is 0 Å². The first-order valence-corrected chi connectivity index (χ1v) is 11.5. The molecule has 0 spiro atoms. The van der Waals surface area contributed by atoms with Gasteiger partial charge < -0.3 is 19.8 Å². The van der Waals surface area contributed by atoms with Crippen LogP contribution in [0.25, 0.3) is 32.9 Å². The van der Waals surface area contributed by atoms with Crippen molar-refractivity contribution in [3.63, 3.8) is 0 Å². The van der Waals surface area contributed by atoms with Crippen LogP contribution in [0.3, 0.4) is 0 Å². The highest BCUT2D eigenvalue weighted by Crippen LogP contribution is 2.33. The van der Waals surface area contributed by atoms with Crippen molar-refractivity contribution in [2.75, 3.05) is 46.0 Å². The lowest BCUT2D eigenvalue weighted by Crippen LogP contribution is -2.38. The zero-order chi connectivity index (χ0) is 22.2. The molecule has 0 unspecified atom stereocenters. The third-order valence-electron chi connectivity index (χ3n) is 6.55. The van der Waals surface area contributed by atoms with E-state index in [1.807, 2.05) is 36.5 Å². The molecule has 2 aromatic carbocycles. The van der Waals surface area contributed by atoms with Gasteiger partial charge in [0, 0.05) is 66.2 Å². The van der Waals surface area contributed by atoms with Crippen molar-refractivity contribution in [2.45, 2.75) is 6.42 Å². The summed E-state index contributed by atoms with van der Waals surface area (Å²) >= 11 is 0. The molecule has 6 rings (SSSR count). The fourth-order valence-electron chi connectivity index (χ4n) is 4.79. The van der Waals surface area contributed by atoms with E-state index in [0.717, 1.165) is 89.2 Å². The van der Waals surface area contributed by atoms with Crippen molar-refractivity contribution in [2.24, 2.45) is 0 Å². The van der Waals surface area contributed by atoms with Crippen LogP contribution in [-0.2, 0) is 11.2 Å². The summed E-state index contributed by atoms with van der Waals surface area (Å²) in [6, 6.07) is 14.2. The van der Waals surface area contributed by atoms with Gasteiger partial charge in [0.2, 0.25) is 0 Å². The Morgan fingerprint density at radius 1 is 1.09 bits per heavy atom. The van der Waals surface area contributed by atoms with Crippen LogP contribution in [0, 0.1) is 0 Å². The number of hydrogen-bond acceptors (Lipinski definition) is 5. The second-order valence-electron chi connectivity index (χ2n) is 8.59. The highest BCUT2D eigenvalue weighted by atomic mass is 16.5. The van der Waals surface area contributed by atoms with Gasteiger partial charge in [-0.1, -0.05) is 24.3 Å². The van der Waals surface area contributed by atoms with Gasteiger partial charge in [-0.3, -0.25) is 14.7 Å². The fraction of sp³-hybridized carbons (Fsp3) is 0.308. The Balaban J connectivity index is 1.29. The Labute approximate surface area is 191 Å². The van der Waals surface area contributed by atoms with Crippen LogP contribution in [0.15, 0.2) is 48.7 Å². The summed E-state index contributed by atoms with van der Waals surface area (Å²) in [7, 11) is 0. The maximum Gasteiger partial charge on any atom is 0.253 e. The highest BCUT2D eigenvalue weighted by Gasteiger charge is 2.23. The minimum absolute atomic E-state index is 0.00180. The molecule has 4 aromatic rings. The molecule has 33 heavy (non-hydrogen) atoms. The minimum atomic E-state index is -0.00180. The van der Waals surface area contributed by atoms with Gasteiger partial charge in [-0.15, -0.1) is 0 Å². The van der Waals surface area contributed by atoms with Crippen molar-refractivity contribution in [3.05, 3.63) is 59.9 Å². The van der Waals surface area contributed by atoms with Gasteiger partial charge in [0.1, 0.15) is 12.4 Å². The number of nitrogens with zero attached hydrogens (tertiary/aromatic N) is 2. The zero-order valence-electron chi connectivity index (χ0n) is 18.4. The largest absolute Gasteiger partial charge is 0.492 e. The number of aromatic nitrogens is 2. The third kappa shape index (κ3) is 3.83. The Hall–Kier alpha value is -3.42. The van der Waals surface area contributed by atoms with Crippen LogP contribution in [-0.4, -0.2) is 66.8 Å². The summed E-state index contributed by atoms with van der Waals surface area (Å²) in [5.41, 5.74) is 4.66. The van der Waals surface area contributed by atoms with Crippen LogP contribution in [0.4, 0.5) is 0 Å². The van der Waals surface area contributed by atoms with E-state index in [1.54, 1.807) is 0 Å². The van der Waals surface area contributed by atoms with Crippen LogP contribution < -0.4 is 10.1 Å². The fourth-order valence-corrected chi connectivity index (χ4v) is 4.79. The van der Waals surface area contributed by atoms with Crippen LogP contribution in [0.2, 0.25) is 0 Å². The molecule has 1 saturated heterocycles. The number of hydrogen-bond donors (Lipinski definition) is 2. The maximum absolute atomic E-state index is 12.4. The number of fused-ring (bicyclic) bond motifs is 5. The zero-order valence-corrected chi connectivity index (χ0v) is 18.4. The lowest BCUT2D eigenvalue weighted by atomic mass is 10.0. The Morgan fingerprint density at radius 3 is 2.91 bits per heavy atom. The highest BCUT2D eigenvalue weighted by molar-refractivity contribution is 6.16. The number of aromatic amines is 1. The molecular formula is C26H26N4O3. The van der Waals surface area contributed by atoms with E-state index < -0.39 is 0 Å². The summed E-state index contributed by atoms with van der Waals surface area (Å²) in [5.74, 6) is 0.839. The van der Waals surface area contributed by atoms with Gasteiger partial charge >= 0.3 is 0 Å². The lowest BCUT2D eigenvalue weighted by Gasteiger charge is -2.26. The Morgan fingerprint density at radius 2 is 2.00 bits per heavy atom. The minimum Gasteiger partial charge on any atom is -0.492 e. The molecule has 168 valence electrons. The van der Waals surface area contributed by atoms with Crippen molar-refractivity contribution in [1.82, 2.24) is 20.2 Å². The summed E-state index contributed by atoms with van der Waals surface area (Å²) in [4.78, 5) is 23.0. The maximum atomic E-state index is 12.4. The van der Waals surface area contributed by atoms with E-state index in [4.69, 9.17) is 14.5 Å². The number of H-pyrrole nitrogens is 1. The summed E-state index contributed by atoms with van der Waals surface area (Å²) in [6.07, 6.45) is 2.72. The van der Waals surface area contributed by atoms with Gasteiger partial charge in [-0.2, -0.15) is 0 Å². The van der Waals surface area contributed by atoms with Crippen molar-refractivity contribution in [1.29, 1.82) is 0 Å². The van der Waals surface area contributed by atoms with Gasteiger partial charge in [0.05, 0.1) is 30.0 Å². The lowest BCUT2D eigenvalue weighted by molar-refractivity contribution is 0.0322. The molecule has 0 atom stereocenters. The van der Waals surface area contributed by atoms with Crippen molar-refractivity contribution < 1.29 is 14.3 Å². The standard InChI is InChI=1S/C26H26N4O3/c31-26-24-20-5-4-18-16-28-23(15-21(18)25(20)29-22(24)6-7-27-26)17-2-1-3-19(14-17)33-13-10-30-8-11-32-12-9-30/h1-5,14-16,29H,6-13H2,(H,27,31). The van der Waals surface area contributed by atoms with Crippen LogP contribution in [0.5, 0.6) is 5.75 Å². The van der Waals surface area contributed by atoms with E-state index in [-0.39, 0.29) is 5.91 Å². The van der Waals surface area contributed by atoms with Crippen LogP contribution in [0.1, 0.15) is 16.1 Å². The quantitative estimate of drug-likeness (QED) is 0.495. The molecule has 1 fully saturated rings. The summed E-state index contributed by atoms with van der Waals surface area (Å²) < 4.78 is 11.4. The van der Waals surface area contributed by atoms with E-state index in [2.05, 4.69) is 27.3 Å². The average Bonchev–Trinajstić information content (AvgIpc) is 3.25. The molecule has 4 heterocycles. The second-order valence-corrected chi connectivity index (χ2v) is 8.59. The predicted molar refractivity (Wildman–Crippen MR) is 128 cm³/mol. The van der Waals surface area contributed by atoms with E-state index in [0.29, 0.717) is 13.2 Å². The number of benzene rings is 2. The first-order chi connectivity index (χ1) is 16.3. The monoisotopic (exact) mass is 442 g/mol. The first kappa shape index (κ1) is 20.2. The Kier molecular flexibility index (Phi) is 5.20. The van der Waals surface area contributed by atoms with Gasteiger partial charge in [0.25, 0.3) is 5.91 Å². The van der Waals surface area contributed by atoms with E-state index in [1.165, 1.54) is 0 Å². The van der Waals surface area contributed by atoms with Crippen molar-refractivity contribution >= 4 is 27.6 Å². The normalized spacial score (nSPS) is 16.7. The molecule has 0 radical (unpaired) electrons. The number of ether oxygens (including phenoxy) is 2. The second kappa shape index (κ2) is 8.50. The average molecular weight is 443 g/mol. The molecule has 2 aromatic heterocycles. The topological polar surface area (TPSA) is 79.5 Å². The predicted octanol–water partition coefficient (Wildman–Crippen LogP) is 3.38. The first-order valence-electron chi connectivity index (χ1n) is 11.5. The van der Waals surface area contributed by atoms with Gasteiger partial charge in [-0.25, -0.2) is 0 Å². The molecular weight excluding hydrogens is 416 g/mol. The molecule has 0 saturated carbocycles. The summed E-state index contributed by atoms with van der Waals surface area (Å²) in [5, 5.41) is 6.03. The molecule has 2 aliphatic rings. The third-order valence-corrected chi connectivity index (χ3v) is 6.55. The number of carbonyl (C=O) groups is 1. The van der Waals surface area contributed by atoms with E-state index in [9.17, 15) is 4.79 Å². The SMILES string of the molecule is O=C1NCCc2[nH]c3c(ccc4cnc(-c5cccc(OCCN6CCOCC6)c5)cc43)c21. The number of morpholine rings is 1.